The first kappa shape index (κ1) is 22.0. The van der Waals surface area contributed by atoms with Gasteiger partial charge in [0.15, 0.2) is 6.68 Å². The van der Waals surface area contributed by atoms with Crippen LogP contribution in [0.25, 0.3) is 11.1 Å². The van der Waals surface area contributed by atoms with E-state index in [9.17, 15) is 18.4 Å². The summed E-state index contributed by atoms with van der Waals surface area (Å²) in [6.07, 6.45) is 2.80. The number of pyridine rings is 1. The Bertz CT molecular complexity index is 670. The number of hydrogen-bond donors (Lipinski definition) is 1. The number of halogens is 3. The molecule has 0 bridgehead atoms. The van der Waals surface area contributed by atoms with E-state index in [2.05, 4.69) is 29.4 Å². The van der Waals surface area contributed by atoms with Gasteiger partial charge in [-0.3, -0.25) is 0 Å². The summed E-state index contributed by atoms with van der Waals surface area (Å²) in [5.41, 5.74) is 3.74. The molecule has 0 aliphatic heterocycles. The van der Waals surface area contributed by atoms with Crippen LogP contribution in [0.4, 0.5) is 19.0 Å². The van der Waals surface area contributed by atoms with Gasteiger partial charge in [0.25, 0.3) is 0 Å². The average Bonchev–Trinajstić information content (AvgIpc) is 2.53. The molecule has 128 valence electrons. The Morgan fingerprint density at radius 2 is 2.04 bits per heavy atom. The summed E-state index contributed by atoms with van der Waals surface area (Å²) in [5.74, 6) is 0.658. The fourth-order valence-corrected chi connectivity index (χ4v) is 1.90. The molecule has 0 aliphatic carbocycles. The second-order valence-electron chi connectivity index (χ2n) is 4.61. The van der Waals surface area contributed by atoms with E-state index in [1.165, 1.54) is 0 Å². The Morgan fingerprint density at radius 3 is 2.58 bits per heavy atom. The standard InChI is InChI=1S/C16H16N3.CF3.Fe/c1-3-8-18-16-13(10-17)9-14(11-19-16)15-7-5-4-6-12(15)2;2-1(3)4;/h4,6-7,9,11H,3,8H2,1-2H3,(H,18,19);;/q2*-1;+2. The fourth-order valence-electron chi connectivity index (χ4n) is 1.90. The van der Waals surface area contributed by atoms with Gasteiger partial charge in [-0.05, 0) is 12.5 Å². The maximum Gasteiger partial charge on any atom is 2.00 e. The molecule has 2 rings (SSSR count). The first-order valence-electron chi connectivity index (χ1n) is 6.94. The molecule has 0 spiro atoms. The van der Waals surface area contributed by atoms with Crippen LogP contribution in [-0.4, -0.2) is 11.5 Å². The molecule has 0 saturated heterocycles. The normalized spacial score (nSPS) is 9.38. The van der Waals surface area contributed by atoms with Crippen molar-refractivity contribution in [1.82, 2.24) is 4.98 Å². The van der Waals surface area contributed by atoms with Gasteiger partial charge in [-0.2, -0.15) is 35.1 Å². The zero-order chi connectivity index (χ0) is 17.2. The summed E-state index contributed by atoms with van der Waals surface area (Å²) in [7, 11) is 0. The molecule has 2 aromatic rings. The van der Waals surface area contributed by atoms with Crippen LogP contribution in [0.15, 0.2) is 30.5 Å². The zero-order valence-electron chi connectivity index (χ0n) is 13.2. The van der Waals surface area contributed by atoms with Crippen LogP contribution in [0, 0.1) is 31.0 Å². The number of aromatic nitrogens is 1. The quantitative estimate of drug-likeness (QED) is 0.612. The molecule has 1 N–H and O–H groups in total. The van der Waals surface area contributed by atoms with Crippen molar-refractivity contribution in [1.29, 1.82) is 5.26 Å². The molecule has 0 radical (unpaired) electrons. The summed E-state index contributed by atoms with van der Waals surface area (Å²) in [4.78, 5) is 4.36. The minimum atomic E-state index is -3.08. The van der Waals surface area contributed by atoms with Crippen molar-refractivity contribution in [3.63, 3.8) is 0 Å². The number of anilines is 1. The summed E-state index contributed by atoms with van der Waals surface area (Å²) in [6, 6.07) is 12.9. The number of hydrogen-bond acceptors (Lipinski definition) is 3. The van der Waals surface area contributed by atoms with E-state index < -0.39 is 6.68 Å². The summed E-state index contributed by atoms with van der Waals surface area (Å²) in [5, 5.41) is 12.4. The van der Waals surface area contributed by atoms with Gasteiger partial charge in [0.2, 0.25) is 0 Å². The molecule has 24 heavy (non-hydrogen) atoms. The second kappa shape index (κ2) is 11.5. The van der Waals surface area contributed by atoms with E-state index in [-0.39, 0.29) is 17.1 Å². The number of nitrogens with zero attached hydrogens (tertiary/aromatic N) is 2. The number of benzene rings is 1. The third-order valence-electron chi connectivity index (χ3n) is 2.94. The van der Waals surface area contributed by atoms with Crippen LogP contribution in [0.2, 0.25) is 0 Å². The Balaban J connectivity index is 0.000000954. The predicted octanol–water partition coefficient (Wildman–Crippen LogP) is 4.89. The van der Waals surface area contributed by atoms with Gasteiger partial charge in [-0.1, -0.05) is 19.4 Å². The fraction of sp³-hybridized carbons (Fsp3) is 0.235. The molecule has 3 nitrogen and oxygen atoms in total. The van der Waals surface area contributed by atoms with Crippen LogP contribution >= 0.6 is 0 Å². The van der Waals surface area contributed by atoms with Gasteiger partial charge < -0.3 is 18.5 Å². The number of rotatable bonds is 4. The molecular formula is C17H16F3FeN3. The molecule has 0 fully saturated rings. The third-order valence-corrected chi connectivity index (χ3v) is 2.94. The Labute approximate surface area is 150 Å². The minimum absolute atomic E-state index is 0. The molecular weight excluding hydrogens is 359 g/mol. The predicted molar refractivity (Wildman–Crippen MR) is 83.3 cm³/mol. The average molecular weight is 375 g/mol. The van der Waals surface area contributed by atoms with E-state index in [1.54, 1.807) is 6.20 Å². The van der Waals surface area contributed by atoms with E-state index in [4.69, 9.17) is 0 Å². The molecule has 1 aromatic heterocycles. The van der Waals surface area contributed by atoms with Crippen LogP contribution in [0.1, 0.15) is 24.5 Å². The van der Waals surface area contributed by atoms with Gasteiger partial charge >= 0.3 is 17.1 Å². The van der Waals surface area contributed by atoms with E-state index in [0.29, 0.717) is 11.4 Å². The van der Waals surface area contributed by atoms with Crippen LogP contribution in [0.3, 0.4) is 0 Å². The van der Waals surface area contributed by atoms with E-state index >= 15 is 0 Å². The molecule has 7 heteroatoms. The monoisotopic (exact) mass is 375 g/mol. The maximum absolute atomic E-state index is 9.58. The molecule has 0 amide bonds. The first-order valence-corrected chi connectivity index (χ1v) is 6.94. The number of nitrogens with one attached hydrogen (secondary N) is 1. The van der Waals surface area contributed by atoms with Gasteiger partial charge in [0.05, 0.1) is 5.56 Å². The zero-order valence-corrected chi connectivity index (χ0v) is 14.3. The molecule has 0 aliphatic rings. The molecule has 0 saturated carbocycles. The summed E-state index contributed by atoms with van der Waals surface area (Å²) < 4.78 is 28.8. The number of nitriles is 1. The maximum atomic E-state index is 9.58. The SMILES string of the molecule is CCCNc1ncc(-c2c[c-]ccc2C)cc1C#N.F[C-](F)F.[Fe+2]. The Kier molecular flexibility index (Phi) is 10.5. The second-order valence-corrected chi connectivity index (χ2v) is 4.61. The Morgan fingerprint density at radius 1 is 1.38 bits per heavy atom. The Hall–Kier alpha value is -2.03. The van der Waals surface area contributed by atoms with Crippen molar-refractivity contribution in [2.24, 2.45) is 0 Å². The molecule has 1 aromatic carbocycles. The van der Waals surface area contributed by atoms with Gasteiger partial charge in [-0.15, -0.1) is 5.56 Å². The first-order chi connectivity index (χ1) is 11.0. The van der Waals surface area contributed by atoms with Crippen molar-refractivity contribution >= 4 is 5.82 Å². The molecule has 0 unspecified atom stereocenters. The van der Waals surface area contributed by atoms with Crippen molar-refractivity contribution in [3.05, 3.63) is 54.3 Å². The van der Waals surface area contributed by atoms with Crippen molar-refractivity contribution in [2.75, 3.05) is 11.9 Å². The topological polar surface area (TPSA) is 48.7 Å². The summed E-state index contributed by atoms with van der Waals surface area (Å²) >= 11 is 0. The van der Waals surface area contributed by atoms with Crippen molar-refractivity contribution < 1.29 is 30.2 Å². The van der Waals surface area contributed by atoms with Gasteiger partial charge in [-0.25, -0.2) is 4.98 Å². The largest absolute Gasteiger partial charge is 2.00 e. The van der Waals surface area contributed by atoms with E-state index in [0.717, 1.165) is 29.7 Å². The summed E-state index contributed by atoms with van der Waals surface area (Å²) in [6.45, 7) is 1.86. The van der Waals surface area contributed by atoms with Gasteiger partial charge in [0.1, 0.15) is 11.9 Å². The van der Waals surface area contributed by atoms with Crippen LogP contribution < -0.4 is 5.32 Å². The third kappa shape index (κ3) is 7.03. The molecule has 0 atom stereocenters. The molecule has 1 heterocycles. The number of aryl methyl sites for hydroxylation is 1. The van der Waals surface area contributed by atoms with Crippen molar-refractivity contribution in [3.8, 4) is 17.2 Å². The minimum Gasteiger partial charge on any atom is -0.385 e. The van der Waals surface area contributed by atoms with Crippen LogP contribution in [-0.2, 0) is 17.1 Å². The van der Waals surface area contributed by atoms with Crippen LogP contribution in [0.5, 0.6) is 0 Å². The van der Waals surface area contributed by atoms with Gasteiger partial charge in [0, 0.05) is 12.7 Å². The van der Waals surface area contributed by atoms with Crippen molar-refractivity contribution in [2.45, 2.75) is 20.3 Å². The smallest absolute Gasteiger partial charge is 0.385 e. The van der Waals surface area contributed by atoms with E-state index in [1.807, 2.05) is 31.2 Å².